The van der Waals surface area contributed by atoms with Crippen LogP contribution in [0.4, 0.5) is 0 Å². The van der Waals surface area contributed by atoms with E-state index in [2.05, 4.69) is 21.3 Å². The smallest absolute Gasteiger partial charge is 0.326 e. The highest BCUT2D eigenvalue weighted by Gasteiger charge is 2.31. The van der Waals surface area contributed by atoms with Gasteiger partial charge in [0.2, 0.25) is 23.6 Å². The Morgan fingerprint density at radius 2 is 1.23 bits per heavy atom. The van der Waals surface area contributed by atoms with Gasteiger partial charge in [-0.1, -0.05) is 74.5 Å². The number of carboxylic acid groups (broad SMARTS) is 1. The lowest BCUT2D eigenvalue weighted by molar-refractivity contribution is -0.142. The lowest BCUT2D eigenvalue weighted by Crippen LogP contribution is -2.58. The summed E-state index contributed by atoms with van der Waals surface area (Å²) in [7, 11) is 0. The van der Waals surface area contributed by atoms with Gasteiger partial charge in [0.05, 0.1) is 12.6 Å². The molecule has 2 rings (SSSR count). The quantitative estimate of drug-likeness (QED) is 0.197. The number of hydrogen-bond acceptors (Lipinski definition) is 6. The van der Waals surface area contributed by atoms with Crippen molar-refractivity contribution < 1.29 is 29.1 Å². The van der Waals surface area contributed by atoms with Crippen molar-refractivity contribution in [3.05, 3.63) is 71.8 Å². The first-order valence-corrected chi connectivity index (χ1v) is 12.7. The predicted molar refractivity (Wildman–Crippen MR) is 145 cm³/mol. The molecule has 0 spiro atoms. The van der Waals surface area contributed by atoms with Crippen LogP contribution in [0.15, 0.2) is 60.7 Å². The lowest BCUT2D eigenvalue weighted by Gasteiger charge is -2.27. The third-order valence-corrected chi connectivity index (χ3v) is 5.92. The molecular weight excluding hydrogens is 502 g/mol. The number of nitrogens with one attached hydrogen (secondary N) is 4. The molecule has 0 radical (unpaired) electrons. The number of hydrogen-bond donors (Lipinski definition) is 6. The molecular formula is C28H37N5O6. The molecule has 0 aromatic heterocycles. The van der Waals surface area contributed by atoms with Gasteiger partial charge in [0, 0.05) is 12.8 Å². The maximum absolute atomic E-state index is 13.3. The number of carboxylic acids is 1. The monoisotopic (exact) mass is 539 g/mol. The van der Waals surface area contributed by atoms with Crippen molar-refractivity contribution in [2.24, 2.45) is 11.7 Å². The first-order valence-electron chi connectivity index (χ1n) is 12.7. The Balaban J connectivity index is 2.15. The zero-order chi connectivity index (χ0) is 28.9. The molecule has 2 aromatic rings. The Hall–Kier alpha value is -4.25. The van der Waals surface area contributed by atoms with Gasteiger partial charge in [-0.3, -0.25) is 19.2 Å². The molecule has 210 valence electrons. The molecule has 39 heavy (non-hydrogen) atoms. The molecule has 0 fully saturated rings. The van der Waals surface area contributed by atoms with Crippen LogP contribution < -0.4 is 27.0 Å². The SMILES string of the molecule is CC(N)C(=O)NCC(=O)NC(Cc1ccccc1)C(=O)NC(C(=O)NC(Cc1ccccc1)C(=O)O)C(C)C. The van der Waals surface area contributed by atoms with E-state index in [0.29, 0.717) is 0 Å². The van der Waals surface area contributed by atoms with Crippen LogP contribution in [0.2, 0.25) is 0 Å². The van der Waals surface area contributed by atoms with E-state index < -0.39 is 59.7 Å². The van der Waals surface area contributed by atoms with Crippen LogP contribution in [-0.4, -0.2) is 65.4 Å². The van der Waals surface area contributed by atoms with E-state index in [-0.39, 0.29) is 19.4 Å². The molecule has 4 amide bonds. The summed E-state index contributed by atoms with van der Waals surface area (Å²) in [5.74, 6) is -4.01. The largest absolute Gasteiger partial charge is 0.480 e. The molecule has 2 aromatic carbocycles. The van der Waals surface area contributed by atoms with Gasteiger partial charge in [-0.15, -0.1) is 0 Å². The Labute approximate surface area is 227 Å². The Bertz CT molecular complexity index is 1120. The van der Waals surface area contributed by atoms with E-state index in [1.54, 1.807) is 68.4 Å². The molecule has 0 aliphatic heterocycles. The lowest BCUT2D eigenvalue weighted by atomic mass is 9.99. The molecule has 0 heterocycles. The molecule has 11 heteroatoms. The van der Waals surface area contributed by atoms with E-state index in [1.807, 2.05) is 6.07 Å². The minimum absolute atomic E-state index is 0.0699. The summed E-state index contributed by atoms with van der Waals surface area (Å²) >= 11 is 0. The molecule has 7 N–H and O–H groups in total. The normalized spacial score (nSPS) is 13.9. The summed E-state index contributed by atoms with van der Waals surface area (Å²) in [4.78, 5) is 62.6. The van der Waals surface area contributed by atoms with Gasteiger partial charge in [-0.2, -0.15) is 0 Å². The third-order valence-electron chi connectivity index (χ3n) is 5.92. The van der Waals surface area contributed by atoms with Gasteiger partial charge in [0.25, 0.3) is 0 Å². The Kier molecular flexibility index (Phi) is 12.1. The standard InChI is InChI=1S/C28H37N5O6/c1-17(2)24(27(37)32-22(28(38)39)15-20-12-8-5-9-13-20)33-26(36)21(14-19-10-6-4-7-11-19)31-23(34)16-30-25(35)18(3)29/h4-13,17-18,21-22,24H,14-16,29H2,1-3H3,(H,30,35)(H,31,34)(H,32,37)(H,33,36)(H,38,39). The summed E-state index contributed by atoms with van der Waals surface area (Å²) in [5.41, 5.74) is 6.99. The summed E-state index contributed by atoms with van der Waals surface area (Å²) in [6.45, 7) is 4.52. The van der Waals surface area contributed by atoms with Gasteiger partial charge in [0.1, 0.15) is 18.1 Å². The maximum Gasteiger partial charge on any atom is 0.326 e. The molecule has 0 aliphatic carbocycles. The molecule has 4 atom stereocenters. The average Bonchev–Trinajstić information content (AvgIpc) is 2.90. The second kappa shape index (κ2) is 15.2. The van der Waals surface area contributed by atoms with E-state index in [4.69, 9.17) is 5.73 Å². The first kappa shape index (κ1) is 31.0. The highest BCUT2D eigenvalue weighted by molar-refractivity contribution is 5.94. The number of nitrogens with two attached hydrogens (primary N) is 1. The van der Waals surface area contributed by atoms with Crippen LogP contribution in [0.5, 0.6) is 0 Å². The van der Waals surface area contributed by atoms with Crippen LogP contribution >= 0.6 is 0 Å². The van der Waals surface area contributed by atoms with Crippen molar-refractivity contribution in [2.45, 2.75) is 57.8 Å². The molecule has 4 unspecified atom stereocenters. The Morgan fingerprint density at radius 3 is 1.69 bits per heavy atom. The summed E-state index contributed by atoms with van der Waals surface area (Å²) in [6.07, 6.45) is 0.193. The van der Waals surface area contributed by atoms with Gasteiger partial charge >= 0.3 is 5.97 Å². The highest BCUT2D eigenvalue weighted by Crippen LogP contribution is 2.09. The fourth-order valence-corrected chi connectivity index (χ4v) is 3.73. The van der Waals surface area contributed by atoms with Crippen LogP contribution in [-0.2, 0) is 36.8 Å². The van der Waals surface area contributed by atoms with Crippen molar-refractivity contribution in [2.75, 3.05) is 6.54 Å². The number of aliphatic carboxylic acids is 1. The number of benzene rings is 2. The van der Waals surface area contributed by atoms with Gasteiger partial charge < -0.3 is 32.1 Å². The summed E-state index contributed by atoms with van der Waals surface area (Å²) in [5, 5.41) is 19.9. The van der Waals surface area contributed by atoms with Crippen LogP contribution in [0.25, 0.3) is 0 Å². The van der Waals surface area contributed by atoms with Gasteiger partial charge in [0.15, 0.2) is 0 Å². The zero-order valence-corrected chi connectivity index (χ0v) is 22.3. The molecule has 11 nitrogen and oxygen atoms in total. The van der Waals surface area contributed by atoms with E-state index in [9.17, 15) is 29.1 Å². The first-order chi connectivity index (χ1) is 18.5. The van der Waals surface area contributed by atoms with E-state index in [0.717, 1.165) is 11.1 Å². The van der Waals surface area contributed by atoms with Crippen molar-refractivity contribution in [1.82, 2.24) is 21.3 Å². The van der Waals surface area contributed by atoms with Crippen LogP contribution in [0.3, 0.4) is 0 Å². The fraction of sp³-hybridized carbons (Fsp3) is 0.393. The van der Waals surface area contributed by atoms with E-state index in [1.165, 1.54) is 6.92 Å². The number of carbonyl (C=O) groups is 5. The van der Waals surface area contributed by atoms with Gasteiger partial charge in [-0.05, 0) is 24.0 Å². The van der Waals surface area contributed by atoms with Gasteiger partial charge in [-0.25, -0.2) is 4.79 Å². The summed E-state index contributed by atoms with van der Waals surface area (Å²) in [6, 6.07) is 13.7. The molecule has 0 aliphatic rings. The minimum Gasteiger partial charge on any atom is -0.480 e. The van der Waals surface area contributed by atoms with Crippen molar-refractivity contribution in [1.29, 1.82) is 0 Å². The maximum atomic E-state index is 13.3. The number of rotatable bonds is 14. The average molecular weight is 540 g/mol. The topological polar surface area (TPSA) is 180 Å². The van der Waals surface area contributed by atoms with E-state index >= 15 is 0 Å². The predicted octanol–water partition coefficient (Wildman–Crippen LogP) is 0.130. The highest BCUT2D eigenvalue weighted by atomic mass is 16.4. The third kappa shape index (κ3) is 10.6. The second-order valence-corrected chi connectivity index (χ2v) is 9.64. The van der Waals surface area contributed by atoms with Crippen molar-refractivity contribution >= 4 is 29.6 Å². The second-order valence-electron chi connectivity index (χ2n) is 9.64. The zero-order valence-electron chi connectivity index (χ0n) is 22.3. The molecule has 0 bridgehead atoms. The van der Waals surface area contributed by atoms with Crippen LogP contribution in [0, 0.1) is 5.92 Å². The molecule has 0 saturated heterocycles. The number of amides is 4. The number of carbonyl (C=O) groups excluding carboxylic acids is 4. The fourth-order valence-electron chi connectivity index (χ4n) is 3.73. The Morgan fingerprint density at radius 1 is 0.718 bits per heavy atom. The molecule has 0 saturated carbocycles. The minimum atomic E-state index is -1.20. The van der Waals surface area contributed by atoms with Crippen molar-refractivity contribution in [3.63, 3.8) is 0 Å². The summed E-state index contributed by atoms with van der Waals surface area (Å²) < 4.78 is 0. The van der Waals surface area contributed by atoms with Crippen molar-refractivity contribution in [3.8, 4) is 0 Å². The van der Waals surface area contributed by atoms with Crippen LogP contribution in [0.1, 0.15) is 31.9 Å².